The Bertz CT molecular complexity index is 986. The van der Waals surface area contributed by atoms with Crippen LogP contribution in [-0.4, -0.2) is 35.7 Å². The maximum absolute atomic E-state index is 12.4. The number of ether oxygens (including phenoxy) is 2. The number of hydrogen-bond acceptors (Lipinski definition) is 5. The molecule has 29 heavy (non-hydrogen) atoms. The van der Waals surface area contributed by atoms with E-state index in [0.717, 1.165) is 27.5 Å². The molecule has 7 heteroatoms. The summed E-state index contributed by atoms with van der Waals surface area (Å²) in [6, 6.07) is 15.6. The van der Waals surface area contributed by atoms with Gasteiger partial charge in [0, 0.05) is 6.54 Å². The summed E-state index contributed by atoms with van der Waals surface area (Å²) in [6.45, 7) is 4.42. The van der Waals surface area contributed by atoms with Gasteiger partial charge in [0.25, 0.3) is 0 Å². The summed E-state index contributed by atoms with van der Waals surface area (Å²) >= 11 is 1.51. The SMILES string of the molecule is COc1ccc(CNC(=O)CSc2c(C)nn(-c3ccccc3)c2C)cc1OC. The standard InChI is InChI=1S/C22H25N3O3S/c1-15-22(16(2)25(24-15)18-8-6-5-7-9-18)29-14-21(26)23-13-17-10-11-19(27-3)20(12-17)28-4/h5-12H,13-14H2,1-4H3,(H,23,26). The van der Waals surface area contributed by atoms with E-state index in [4.69, 9.17) is 9.47 Å². The first-order valence-electron chi connectivity index (χ1n) is 9.25. The molecule has 0 unspecified atom stereocenters. The Balaban J connectivity index is 1.59. The predicted octanol–water partition coefficient (Wildman–Crippen LogP) is 3.91. The van der Waals surface area contributed by atoms with E-state index >= 15 is 0 Å². The highest BCUT2D eigenvalue weighted by molar-refractivity contribution is 8.00. The van der Waals surface area contributed by atoms with Crippen molar-refractivity contribution in [3.8, 4) is 17.2 Å². The molecule has 1 heterocycles. The predicted molar refractivity (Wildman–Crippen MR) is 115 cm³/mol. The molecular formula is C22H25N3O3S. The number of rotatable bonds is 8. The Morgan fingerprint density at radius 1 is 1.07 bits per heavy atom. The molecule has 0 saturated heterocycles. The summed E-state index contributed by atoms with van der Waals surface area (Å²) in [6.07, 6.45) is 0. The Kier molecular flexibility index (Phi) is 6.82. The highest BCUT2D eigenvalue weighted by atomic mass is 32.2. The van der Waals surface area contributed by atoms with E-state index in [0.29, 0.717) is 23.8 Å². The fourth-order valence-electron chi connectivity index (χ4n) is 3.04. The zero-order chi connectivity index (χ0) is 20.8. The maximum atomic E-state index is 12.4. The van der Waals surface area contributed by atoms with Crippen LogP contribution in [0.3, 0.4) is 0 Å². The smallest absolute Gasteiger partial charge is 0.230 e. The molecule has 0 saturated carbocycles. The number of aryl methyl sites for hydroxylation is 1. The topological polar surface area (TPSA) is 65.4 Å². The monoisotopic (exact) mass is 411 g/mol. The zero-order valence-corrected chi connectivity index (χ0v) is 17.9. The van der Waals surface area contributed by atoms with E-state index in [1.54, 1.807) is 14.2 Å². The van der Waals surface area contributed by atoms with Crippen molar-refractivity contribution < 1.29 is 14.3 Å². The first kappa shape index (κ1) is 20.8. The molecule has 3 aromatic rings. The van der Waals surface area contributed by atoms with Gasteiger partial charge in [0.05, 0.1) is 41.9 Å². The fraction of sp³-hybridized carbons (Fsp3) is 0.273. The molecule has 2 aromatic carbocycles. The van der Waals surface area contributed by atoms with Gasteiger partial charge in [-0.25, -0.2) is 4.68 Å². The summed E-state index contributed by atoms with van der Waals surface area (Å²) < 4.78 is 12.5. The van der Waals surface area contributed by atoms with Crippen molar-refractivity contribution in [1.29, 1.82) is 0 Å². The van der Waals surface area contributed by atoms with Crippen LogP contribution in [0.2, 0.25) is 0 Å². The molecule has 0 bridgehead atoms. The Morgan fingerprint density at radius 3 is 2.48 bits per heavy atom. The van der Waals surface area contributed by atoms with Crippen LogP contribution in [0.25, 0.3) is 5.69 Å². The van der Waals surface area contributed by atoms with Crippen molar-refractivity contribution in [2.45, 2.75) is 25.3 Å². The van der Waals surface area contributed by atoms with Crippen molar-refractivity contribution in [2.24, 2.45) is 0 Å². The third-order valence-electron chi connectivity index (χ3n) is 4.51. The molecule has 152 valence electrons. The molecule has 1 aromatic heterocycles. The molecule has 3 rings (SSSR count). The lowest BCUT2D eigenvalue weighted by Crippen LogP contribution is -2.24. The van der Waals surface area contributed by atoms with Gasteiger partial charge in [-0.05, 0) is 43.7 Å². The van der Waals surface area contributed by atoms with E-state index in [1.807, 2.05) is 67.1 Å². The molecule has 0 aliphatic carbocycles. The second kappa shape index (κ2) is 9.52. The molecular weight excluding hydrogens is 386 g/mol. The number of nitrogens with one attached hydrogen (secondary N) is 1. The zero-order valence-electron chi connectivity index (χ0n) is 17.1. The second-order valence-electron chi connectivity index (χ2n) is 6.50. The van der Waals surface area contributed by atoms with Crippen LogP contribution in [0.5, 0.6) is 11.5 Å². The van der Waals surface area contributed by atoms with Crippen LogP contribution in [0.1, 0.15) is 17.0 Å². The van der Waals surface area contributed by atoms with E-state index in [-0.39, 0.29) is 5.91 Å². The summed E-state index contributed by atoms with van der Waals surface area (Å²) in [5.41, 5.74) is 3.92. The molecule has 6 nitrogen and oxygen atoms in total. The fourth-order valence-corrected chi connectivity index (χ4v) is 3.96. The number of methoxy groups -OCH3 is 2. The number of nitrogens with zero attached hydrogens (tertiary/aromatic N) is 2. The van der Waals surface area contributed by atoms with Gasteiger partial charge in [-0.15, -0.1) is 11.8 Å². The Labute approximate surface area is 175 Å². The van der Waals surface area contributed by atoms with Gasteiger partial charge in [-0.2, -0.15) is 5.10 Å². The third kappa shape index (κ3) is 4.92. The van der Waals surface area contributed by atoms with Gasteiger partial charge in [-0.3, -0.25) is 4.79 Å². The number of carbonyl (C=O) groups excluding carboxylic acids is 1. The number of para-hydroxylation sites is 1. The number of aromatic nitrogens is 2. The highest BCUT2D eigenvalue weighted by Crippen LogP contribution is 2.29. The Hall–Kier alpha value is -2.93. The minimum Gasteiger partial charge on any atom is -0.493 e. The summed E-state index contributed by atoms with van der Waals surface area (Å²) in [5.74, 6) is 1.61. The van der Waals surface area contributed by atoms with Crippen LogP contribution in [-0.2, 0) is 11.3 Å². The summed E-state index contributed by atoms with van der Waals surface area (Å²) in [7, 11) is 3.19. The van der Waals surface area contributed by atoms with E-state index < -0.39 is 0 Å². The summed E-state index contributed by atoms with van der Waals surface area (Å²) in [4.78, 5) is 13.4. The molecule has 0 aliphatic heterocycles. The van der Waals surface area contributed by atoms with Crippen LogP contribution in [0.4, 0.5) is 0 Å². The largest absolute Gasteiger partial charge is 0.493 e. The number of benzene rings is 2. The second-order valence-corrected chi connectivity index (χ2v) is 7.49. The molecule has 0 spiro atoms. The van der Waals surface area contributed by atoms with Gasteiger partial charge in [0.1, 0.15) is 0 Å². The minimum absolute atomic E-state index is 0.0314. The van der Waals surface area contributed by atoms with Gasteiger partial charge < -0.3 is 14.8 Å². The average molecular weight is 412 g/mol. The molecule has 1 N–H and O–H groups in total. The molecule has 1 amide bonds. The van der Waals surface area contributed by atoms with Gasteiger partial charge in [0.2, 0.25) is 5.91 Å². The number of carbonyl (C=O) groups is 1. The van der Waals surface area contributed by atoms with Crippen molar-refractivity contribution in [3.05, 3.63) is 65.5 Å². The van der Waals surface area contributed by atoms with E-state index in [1.165, 1.54) is 11.8 Å². The molecule has 0 radical (unpaired) electrons. The van der Waals surface area contributed by atoms with Gasteiger partial charge in [0.15, 0.2) is 11.5 Å². The van der Waals surface area contributed by atoms with Gasteiger partial charge >= 0.3 is 0 Å². The molecule has 0 fully saturated rings. The Morgan fingerprint density at radius 2 is 1.79 bits per heavy atom. The van der Waals surface area contributed by atoms with Crippen molar-refractivity contribution in [3.63, 3.8) is 0 Å². The highest BCUT2D eigenvalue weighted by Gasteiger charge is 2.15. The average Bonchev–Trinajstić information content (AvgIpc) is 3.04. The molecule has 0 atom stereocenters. The van der Waals surface area contributed by atoms with E-state index in [2.05, 4.69) is 10.4 Å². The van der Waals surface area contributed by atoms with Crippen LogP contribution >= 0.6 is 11.8 Å². The van der Waals surface area contributed by atoms with Crippen LogP contribution in [0.15, 0.2) is 53.4 Å². The lowest BCUT2D eigenvalue weighted by atomic mass is 10.2. The van der Waals surface area contributed by atoms with Gasteiger partial charge in [-0.1, -0.05) is 24.3 Å². The third-order valence-corrected chi connectivity index (χ3v) is 5.80. The number of hydrogen-bond donors (Lipinski definition) is 1. The van der Waals surface area contributed by atoms with Crippen molar-refractivity contribution in [2.75, 3.05) is 20.0 Å². The maximum Gasteiger partial charge on any atom is 0.230 e. The normalized spacial score (nSPS) is 10.6. The van der Waals surface area contributed by atoms with Crippen LogP contribution < -0.4 is 14.8 Å². The summed E-state index contributed by atoms with van der Waals surface area (Å²) in [5, 5.41) is 7.58. The van der Waals surface area contributed by atoms with E-state index in [9.17, 15) is 4.79 Å². The lowest BCUT2D eigenvalue weighted by molar-refractivity contribution is -0.118. The van der Waals surface area contributed by atoms with Crippen LogP contribution in [0, 0.1) is 13.8 Å². The minimum atomic E-state index is -0.0314. The molecule has 0 aliphatic rings. The lowest BCUT2D eigenvalue weighted by Gasteiger charge is -2.10. The first-order valence-corrected chi connectivity index (χ1v) is 10.2. The number of amides is 1. The van der Waals surface area contributed by atoms with Crippen molar-refractivity contribution >= 4 is 17.7 Å². The number of thioether (sulfide) groups is 1. The first-order chi connectivity index (χ1) is 14.0. The quantitative estimate of drug-likeness (QED) is 0.569. The van der Waals surface area contributed by atoms with Crippen molar-refractivity contribution in [1.82, 2.24) is 15.1 Å².